The van der Waals surface area contributed by atoms with Crippen LogP contribution in [0.2, 0.25) is 0 Å². The Kier molecular flexibility index (Phi) is 2.78. The molecule has 2 aromatic rings. The normalized spacial score (nSPS) is 10.1. The highest BCUT2D eigenvalue weighted by atomic mass is 32.1. The molecule has 76 valence electrons. The molecule has 0 amide bonds. The van der Waals surface area contributed by atoms with E-state index in [1.54, 1.807) is 16.9 Å². The van der Waals surface area contributed by atoms with Crippen molar-refractivity contribution in [2.75, 3.05) is 12.0 Å². The highest BCUT2D eigenvalue weighted by molar-refractivity contribution is 7.71. The molecule has 4 heteroatoms. The Morgan fingerprint density at radius 2 is 2.33 bits per heavy atom. The van der Waals surface area contributed by atoms with E-state index in [2.05, 4.69) is 17.0 Å². The zero-order valence-electron chi connectivity index (χ0n) is 8.18. The van der Waals surface area contributed by atoms with Crippen LogP contribution in [-0.4, -0.2) is 16.2 Å². The smallest absolute Gasteiger partial charge is 0.159 e. The van der Waals surface area contributed by atoms with Crippen LogP contribution in [0.25, 0.3) is 11.0 Å². The minimum Gasteiger partial charge on any atom is -0.319 e. The Labute approximate surface area is 93.0 Å². The molecule has 15 heavy (non-hydrogen) atoms. The second-order valence-electron chi connectivity index (χ2n) is 3.07. The molecular formula is C11H11N3S. The average molecular weight is 217 g/mol. The van der Waals surface area contributed by atoms with Crippen molar-refractivity contribution in [1.29, 1.82) is 0 Å². The Morgan fingerprint density at radius 3 is 3.13 bits per heavy atom. The molecule has 0 saturated heterocycles. The van der Waals surface area contributed by atoms with Gasteiger partial charge in [-0.25, -0.2) is 9.66 Å². The molecule has 0 unspecified atom stereocenters. The van der Waals surface area contributed by atoms with E-state index >= 15 is 0 Å². The lowest BCUT2D eigenvalue weighted by Gasteiger charge is -2.10. The lowest BCUT2D eigenvalue weighted by atomic mass is 10.3. The Balaban J connectivity index is 2.63. The first kappa shape index (κ1) is 9.86. The first-order valence-electron chi connectivity index (χ1n) is 4.64. The van der Waals surface area contributed by atoms with Gasteiger partial charge in [-0.3, -0.25) is 0 Å². The van der Waals surface area contributed by atoms with E-state index in [4.69, 9.17) is 12.2 Å². The fourth-order valence-electron chi connectivity index (χ4n) is 1.37. The molecule has 2 aromatic heterocycles. The molecule has 0 aliphatic rings. The third-order valence-corrected chi connectivity index (χ3v) is 2.37. The summed E-state index contributed by atoms with van der Waals surface area (Å²) in [5, 5.41) is 1.06. The summed E-state index contributed by atoms with van der Waals surface area (Å²) < 4.78 is 2.51. The van der Waals surface area contributed by atoms with E-state index < -0.39 is 0 Å². The summed E-state index contributed by atoms with van der Waals surface area (Å²) in [6, 6.07) is 7.76. The fraction of sp³-hybridized carbons (Fsp3) is 0.0909. The number of aromatic nitrogens is 2. The molecule has 0 bridgehead atoms. The summed E-state index contributed by atoms with van der Waals surface area (Å²) in [5.74, 6) is 0. The van der Waals surface area contributed by atoms with Crippen molar-refractivity contribution >= 4 is 23.3 Å². The van der Waals surface area contributed by atoms with Crippen LogP contribution < -0.4 is 5.43 Å². The van der Waals surface area contributed by atoms with Gasteiger partial charge in [-0.15, -0.1) is 6.58 Å². The second kappa shape index (κ2) is 4.23. The van der Waals surface area contributed by atoms with Crippen LogP contribution in [0.4, 0.5) is 0 Å². The van der Waals surface area contributed by atoms with E-state index in [1.165, 1.54) is 0 Å². The Bertz CT molecular complexity index is 545. The summed E-state index contributed by atoms with van der Waals surface area (Å²) in [7, 11) is 0. The van der Waals surface area contributed by atoms with Gasteiger partial charge in [-0.2, -0.15) is 0 Å². The van der Waals surface area contributed by atoms with Crippen LogP contribution in [0.3, 0.4) is 0 Å². The van der Waals surface area contributed by atoms with Crippen molar-refractivity contribution in [2.45, 2.75) is 0 Å². The maximum absolute atomic E-state index is 5.22. The van der Waals surface area contributed by atoms with E-state index in [0.717, 1.165) is 11.0 Å². The molecule has 0 aromatic carbocycles. The quantitative estimate of drug-likeness (QED) is 0.633. The fourth-order valence-corrected chi connectivity index (χ4v) is 1.59. The number of pyridine rings is 2. The molecule has 3 nitrogen and oxygen atoms in total. The number of rotatable bonds is 3. The minimum atomic E-state index is 0.657. The predicted molar refractivity (Wildman–Crippen MR) is 65.0 cm³/mol. The summed E-state index contributed by atoms with van der Waals surface area (Å²) in [6.07, 6.45) is 3.53. The SMILES string of the molecule is C=CCNn1c(=S)ccc2cccnc21. The van der Waals surface area contributed by atoms with Crippen LogP contribution in [0.1, 0.15) is 0 Å². The molecule has 2 heterocycles. The Hall–Kier alpha value is -1.68. The highest BCUT2D eigenvalue weighted by Crippen LogP contribution is 2.09. The van der Waals surface area contributed by atoms with Crippen LogP contribution in [0, 0.1) is 4.64 Å². The minimum absolute atomic E-state index is 0.657. The molecule has 1 N–H and O–H groups in total. The first-order valence-corrected chi connectivity index (χ1v) is 5.05. The molecule has 0 radical (unpaired) electrons. The Morgan fingerprint density at radius 1 is 1.47 bits per heavy atom. The zero-order chi connectivity index (χ0) is 10.7. The maximum atomic E-state index is 5.22. The van der Waals surface area contributed by atoms with Gasteiger partial charge in [0.2, 0.25) is 0 Å². The topological polar surface area (TPSA) is 29.9 Å². The average Bonchev–Trinajstić information content (AvgIpc) is 2.28. The van der Waals surface area contributed by atoms with Crippen LogP contribution in [-0.2, 0) is 0 Å². The van der Waals surface area contributed by atoms with Crippen molar-refractivity contribution in [1.82, 2.24) is 9.66 Å². The summed E-state index contributed by atoms with van der Waals surface area (Å²) in [5.41, 5.74) is 3.98. The van der Waals surface area contributed by atoms with Gasteiger partial charge >= 0.3 is 0 Å². The van der Waals surface area contributed by atoms with Gasteiger partial charge in [0.1, 0.15) is 4.64 Å². The third-order valence-electron chi connectivity index (χ3n) is 2.05. The lowest BCUT2D eigenvalue weighted by molar-refractivity contribution is 0.891. The molecule has 0 aliphatic heterocycles. The number of nitrogens with one attached hydrogen (secondary N) is 1. The second-order valence-corrected chi connectivity index (χ2v) is 3.49. The van der Waals surface area contributed by atoms with Crippen molar-refractivity contribution in [3.8, 4) is 0 Å². The van der Waals surface area contributed by atoms with Gasteiger partial charge in [0.25, 0.3) is 0 Å². The summed E-state index contributed by atoms with van der Waals surface area (Å²) in [4.78, 5) is 4.29. The molecule has 0 fully saturated rings. The van der Waals surface area contributed by atoms with Crippen molar-refractivity contribution in [2.24, 2.45) is 0 Å². The van der Waals surface area contributed by atoms with Crippen molar-refractivity contribution in [3.05, 3.63) is 47.8 Å². The van der Waals surface area contributed by atoms with E-state index in [9.17, 15) is 0 Å². The molecule has 2 rings (SSSR count). The predicted octanol–water partition coefficient (Wildman–Crippen LogP) is 2.50. The van der Waals surface area contributed by atoms with Crippen LogP contribution >= 0.6 is 12.2 Å². The molecule has 0 saturated carbocycles. The van der Waals surface area contributed by atoms with Crippen molar-refractivity contribution in [3.63, 3.8) is 0 Å². The van der Waals surface area contributed by atoms with E-state index in [1.807, 2.05) is 24.3 Å². The van der Waals surface area contributed by atoms with E-state index in [-0.39, 0.29) is 0 Å². The zero-order valence-corrected chi connectivity index (χ0v) is 9.00. The van der Waals surface area contributed by atoms with Gasteiger partial charge in [0, 0.05) is 18.1 Å². The van der Waals surface area contributed by atoms with Gasteiger partial charge in [-0.05, 0) is 24.3 Å². The largest absolute Gasteiger partial charge is 0.319 e. The first-order chi connectivity index (χ1) is 7.33. The standard InChI is InChI=1S/C11H11N3S/c1-2-7-13-14-10(15)6-5-9-4-3-8-12-11(9)14/h2-6,8,13H,1,7H2. The van der Waals surface area contributed by atoms with E-state index in [0.29, 0.717) is 11.2 Å². The third kappa shape index (κ3) is 1.89. The highest BCUT2D eigenvalue weighted by Gasteiger charge is 1.99. The van der Waals surface area contributed by atoms with Crippen molar-refractivity contribution < 1.29 is 0 Å². The molecule has 0 atom stereocenters. The summed E-state index contributed by atoms with van der Waals surface area (Å²) >= 11 is 5.22. The molecule has 0 spiro atoms. The van der Waals surface area contributed by atoms with Gasteiger partial charge in [-0.1, -0.05) is 18.3 Å². The van der Waals surface area contributed by atoms with Crippen LogP contribution in [0.15, 0.2) is 43.1 Å². The number of hydrogen-bond donors (Lipinski definition) is 1. The monoisotopic (exact) mass is 217 g/mol. The van der Waals surface area contributed by atoms with Gasteiger partial charge in [0.15, 0.2) is 5.65 Å². The maximum Gasteiger partial charge on any atom is 0.159 e. The summed E-state index contributed by atoms with van der Waals surface area (Å²) in [6.45, 7) is 4.31. The number of hydrogen-bond acceptors (Lipinski definition) is 3. The lowest BCUT2D eigenvalue weighted by Crippen LogP contribution is -2.17. The van der Waals surface area contributed by atoms with Gasteiger partial charge < -0.3 is 5.43 Å². The molecular weight excluding hydrogens is 206 g/mol. The van der Waals surface area contributed by atoms with Crippen LogP contribution in [0.5, 0.6) is 0 Å². The van der Waals surface area contributed by atoms with Gasteiger partial charge in [0.05, 0.1) is 0 Å². The molecule has 0 aliphatic carbocycles. The number of nitrogens with zero attached hydrogens (tertiary/aromatic N) is 2. The number of fused-ring (bicyclic) bond motifs is 1.